The molecule has 0 amide bonds. The van der Waals surface area contributed by atoms with Gasteiger partial charge in [-0.05, 0) is 36.2 Å². The van der Waals surface area contributed by atoms with Crippen LogP contribution in [0.1, 0.15) is 12.0 Å². The van der Waals surface area contributed by atoms with E-state index in [0.29, 0.717) is 0 Å². The number of fused-ring (bicyclic) bond motifs is 1. The van der Waals surface area contributed by atoms with Crippen molar-refractivity contribution in [3.05, 3.63) is 65.7 Å². The highest BCUT2D eigenvalue weighted by Crippen LogP contribution is 2.26. The van der Waals surface area contributed by atoms with Crippen molar-refractivity contribution in [1.82, 2.24) is 20.3 Å². The number of benzene rings is 1. The van der Waals surface area contributed by atoms with E-state index in [2.05, 4.69) is 50.8 Å². The van der Waals surface area contributed by atoms with Gasteiger partial charge in [-0.3, -0.25) is 9.98 Å². The lowest BCUT2D eigenvalue weighted by atomic mass is 10.1. The topological polar surface area (TPSA) is 78.3 Å². The van der Waals surface area contributed by atoms with Crippen molar-refractivity contribution in [3.63, 3.8) is 0 Å². The number of hydrogen-bond acceptors (Lipinski definition) is 8. The van der Waals surface area contributed by atoms with Crippen molar-refractivity contribution in [3.8, 4) is 11.4 Å². The van der Waals surface area contributed by atoms with Crippen LogP contribution in [-0.2, 0) is 6.54 Å². The Kier molecular flexibility index (Phi) is 5.45. The van der Waals surface area contributed by atoms with E-state index in [1.807, 2.05) is 41.9 Å². The molecular weight excluding hydrogens is 406 g/mol. The summed E-state index contributed by atoms with van der Waals surface area (Å²) in [4.78, 5) is 20.6. The van der Waals surface area contributed by atoms with Crippen LogP contribution < -0.4 is 15.5 Å². The summed E-state index contributed by atoms with van der Waals surface area (Å²) in [7, 11) is 2.06. The van der Waals surface area contributed by atoms with Crippen LogP contribution in [0.5, 0.6) is 0 Å². The average molecular weight is 430 g/mol. The highest BCUT2D eigenvalue weighted by Gasteiger charge is 2.12. The molecule has 1 aromatic carbocycles. The Bertz CT molecular complexity index is 1230. The lowest BCUT2D eigenvalue weighted by molar-refractivity contribution is 0.740. The van der Waals surface area contributed by atoms with Crippen LogP contribution in [0.4, 0.5) is 10.9 Å². The van der Waals surface area contributed by atoms with Gasteiger partial charge < -0.3 is 15.5 Å². The predicted molar refractivity (Wildman–Crippen MR) is 128 cm³/mol. The lowest BCUT2D eigenvalue weighted by Gasteiger charge is -2.19. The molecule has 5 rings (SSSR count). The van der Waals surface area contributed by atoms with Crippen molar-refractivity contribution in [2.45, 2.75) is 13.0 Å². The van der Waals surface area contributed by atoms with Crippen LogP contribution in [0.25, 0.3) is 22.3 Å². The van der Waals surface area contributed by atoms with Crippen molar-refractivity contribution in [2.24, 2.45) is 4.99 Å². The summed E-state index contributed by atoms with van der Waals surface area (Å²) in [5.41, 5.74) is 3.94. The van der Waals surface area contributed by atoms with Crippen LogP contribution in [0.2, 0.25) is 0 Å². The third-order valence-electron chi connectivity index (χ3n) is 5.16. The van der Waals surface area contributed by atoms with Crippen LogP contribution in [0.15, 0.2) is 65.1 Å². The number of pyridine rings is 2. The molecular formula is C23H23N7S. The summed E-state index contributed by atoms with van der Waals surface area (Å²) in [5.74, 6) is 1.69. The monoisotopic (exact) mass is 429 g/mol. The van der Waals surface area contributed by atoms with Gasteiger partial charge >= 0.3 is 0 Å². The minimum absolute atomic E-state index is 0.745. The van der Waals surface area contributed by atoms with E-state index < -0.39 is 0 Å². The van der Waals surface area contributed by atoms with Gasteiger partial charge in [-0.15, -0.1) is 11.3 Å². The largest absolute Gasteiger partial charge is 0.356 e. The number of para-hydroxylation sites is 1. The molecule has 4 heterocycles. The zero-order valence-electron chi connectivity index (χ0n) is 17.2. The standard InChI is InChI=1S/C23H23N7S/c1-30(14-16-10-13-24-18-7-3-2-6-17(16)18)21-9-4-8-19(27-21)20-15-31-23(28-20)29-22-25-11-5-12-26-22/h2-4,6-10,13,15H,5,11-12,14H2,1H3,(H2,25,26,28,29). The maximum atomic E-state index is 4.86. The molecule has 0 bridgehead atoms. The van der Waals surface area contributed by atoms with E-state index in [-0.39, 0.29) is 0 Å². The molecule has 0 spiro atoms. The second-order valence-corrected chi connectivity index (χ2v) is 8.26. The zero-order chi connectivity index (χ0) is 21.0. The van der Waals surface area contributed by atoms with Crippen LogP contribution in [0, 0.1) is 0 Å². The number of nitrogens with zero attached hydrogens (tertiary/aromatic N) is 5. The van der Waals surface area contributed by atoms with Gasteiger partial charge in [-0.2, -0.15) is 0 Å². The molecule has 7 nitrogen and oxygen atoms in total. The first-order chi connectivity index (χ1) is 15.3. The van der Waals surface area contributed by atoms with E-state index in [9.17, 15) is 0 Å². The first-order valence-electron chi connectivity index (χ1n) is 10.3. The van der Waals surface area contributed by atoms with Crippen molar-refractivity contribution < 1.29 is 0 Å². The summed E-state index contributed by atoms with van der Waals surface area (Å²) >= 11 is 1.55. The maximum Gasteiger partial charge on any atom is 0.197 e. The minimum atomic E-state index is 0.745. The van der Waals surface area contributed by atoms with Crippen LogP contribution in [-0.4, -0.2) is 41.0 Å². The quantitative estimate of drug-likeness (QED) is 0.496. The third kappa shape index (κ3) is 4.34. The predicted octanol–water partition coefficient (Wildman–Crippen LogP) is 4.15. The second-order valence-electron chi connectivity index (χ2n) is 7.40. The van der Waals surface area contributed by atoms with E-state index >= 15 is 0 Å². The maximum absolute atomic E-state index is 4.86. The smallest absolute Gasteiger partial charge is 0.197 e. The van der Waals surface area contributed by atoms with E-state index in [4.69, 9.17) is 9.97 Å². The number of rotatable bonds is 5. The first kappa shape index (κ1) is 19.4. The Hall–Kier alpha value is -3.52. The Morgan fingerprint density at radius 2 is 2.00 bits per heavy atom. The van der Waals surface area contributed by atoms with Gasteiger partial charge in [-0.1, -0.05) is 24.3 Å². The molecule has 4 aromatic rings. The van der Waals surface area contributed by atoms with Gasteiger partial charge in [0.15, 0.2) is 11.1 Å². The van der Waals surface area contributed by atoms with Crippen molar-refractivity contribution in [1.29, 1.82) is 0 Å². The number of guanidine groups is 1. The normalized spacial score (nSPS) is 13.5. The summed E-state index contributed by atoms with van der Waals surface area (Å²) < 4.78 is 0. The molecule has 2 N–H and O–H groups in total. The fourth-order valence-electron chi connectivity index (χ4n) is 3.57. The van der Waals surface area contributed by atoms with Gasteiger partial charge in [0.05, 0.1) is 11.2 Å². The van der Waals surface area contributed by atoms with Crippen LogP contribution >= 0.6 is 11.3 Å². The lowest BCUT2D eigenvalue weighted by Crippen LogP contribution is -2.35. The van der Waals surface area contributed by atoms with E-state index in [1.165, 1.54) is 10.9 Å². The number of hydrogen-bond donors (Lipinski definition) is 2. The van der Waals surface area contributed by atoms with Gasteiger partial charge in [0.25, 0.3) is 0 Å². The SMILES string of the molecule is CN(Cc1ccnc2ccccc12)c1cccc(-c2csc(NC3=NCCCN3)n2)n1. The Balaban J connectivity index is 1.34. The van der Waals surface area contributed by atoms with Gasteiger partial charge in [-0.25, -0.2) is 9.97 Å². The summed E-state index contributed by atoms with van der Waals surface area (Å²) in [6.45, 7) is 2.53. The molecule has 1 aliphatic heterocycles. The number of thiazole rings is 1. The highest BCUT2D eigenvalue weighted by atomic mass is 32.1. The zero-order valence-corrected chi connectivity index (χ0v) is 18.1. The molecule has 0 unspecified atom stereocenters. The molecule has 31 heavy (non-hydrogen) atoms. The molecule has 0 atom stereocenters. The van der Waals surface area contributed by atoms with E-state index in [0.717, 1.165) is 59.9 Å². The molecule has 0 saturated carbocycles. The highest BCUT2D eigenvalue weighted by molar-refractivity contribution is 7.14. The van der Waals surface area contributed by atoms with Crippen molar-refractivity contribution >= 4 is 39.1 Å². The molecule has 0 fully saturated rings. The number of nitrogens with one attached hydrogen (secondary N) is 2. The Labute approximate surface area is 184 Å². The molecule has 156 valence electrons. The second kappa shape index (κ2) is 8.69. The van der Waals surface area contributed by atoms with Gasteiger partial charge in [0.1, 0.15) is 11.5 Å². The number of aromatic nitrogens is 3. The van der Waals surface area contributed by atoms with Crippen LogP contribution in [0.3, 0.4) is 0 Å². The first-order valence-corrected chi connectivity index (χ1v) is 11.2. The summed E-state index contributed by atoms with van der Waals surface area (Å²) in [6, 6.07) is 16.3. The Morgan fingerprint density at radius 3 is 2.90 bits per heavy atom. The Morgan fingerprint density at radius 1 is 1.06 bits per heavy atom. The third-order valence-corrected chi connectivity index (χ3v) is 5.92. The van der Waals surface area contributed by atoms with Gasteiger partial charge in [0.2, 0.25) is 0 Å². The summed E-state index contributed by atoms with van der Waals surface area (Å²) in [6.07, 6.45) is 2.93. The molecule has 0 saturated heterocycles. The van der Waals surface area contributed by atoms with Gasteiger partial charge in [0, 0.05) is 43.6 Å². The molecule has 0 aliphatic carbocycles. The number of anilines is 2. The minimum Gasteiger partial charge on any atom is -0.356 e. The fourth-order valence-corrected chi connectivity index (χ4v) is 4.28. The van der Waals surface area contributed by atoms with Crippen molar-refractivity contribution in [2.75, 3.05) is 30.4 Å². The average Bonchev–Trinajstić information content (AvgIpc) is 3.28. The fraction of sp³-hybridized carbons (Fsp3) is 0.217. The molecule has 0 radical (unpaired) electrons. The molecule has 3 aromatic heterocycles. The number of aliphatic imine (C=N–C) groups is 1. The summed E-state index contributed by atoms with van der Waals surface area (Å²) in [5, 5.41) is 10.5. The molecule has 8 heteroatoms. The molecule has 1 aliphatic rings. The van der Waals surface area contributed by atoms with E-state index in [1.54, 1.807) is 11.3 Å².